The van der Waals surface area contributed by atoms with Crippen molar-refractivity contribution in [2.75, 3.05) is 26.8 Å². The van der Waals surface area contributed by atoms with Crippen molar-refractivity contribution in [1.29, 1.82) is 0 Å². The maximum absolute atomic E-state index is 5.48. The number of hydrogen-bond donors (Lipinski definition) is 0. The molecule has 3 aromatic heterocycles. The van der Waals surface area contributed by atoms with Gasteiger partial charge in [-0.3, -0.25) is 4.90 Å². The van der Waals surface area contributed by atoms with Crippen molar-refractivity contribution in [2.24, 2.45) is 0 Å². The first-order valence-electron chi connectivity index (χ1n) is 9.20. The van der Waals surface area contributed by atoms with E-state index < -0.39 is 0 Å². The second kappa shape index (κ2) is 8.41. The third-order valence-corrected chi connectivity index (χ3v) is 4.72. The number of aromatic nitrogens is 4. The SMILES string of the molecule is COCCc1noc([C@@H]2CCCN(Cc3cnc(-c4ccco4)nc3)C2)n1. The molecule has 0 saturated carbocycles. The van der Waals surface area contributed by atoms with Crippen LogP contribution in [0.15, 0.2) is 39.7 Å². The summed E-state index contributed by atoms with van der Waals surface area (Å²) < 4.78 is 15.9. The summed E-state index contributed by atoms with van der Waals surface area (Å²) >= 11 is 0. The predicted molar refractivity (Wildman–Crippen MR) is 96.9 cm³/mol. The van der Waals surface area contributed by atoms with Crippen LogP contribution in [0.2, 0.25) is 0 Å². The Labute approximate surface area is 157 Å². The molecule has 0 N–H and O–H groups in total. The third kappa shape index (κ3) is 4.40. The summed E-state index contributed by atoms with van der Waals surface area (Å²) in [4.78, 5) is 15.7. The Balaban J connectivity index is 1.36. The summed E-state index contributed by atoms with van der Waals surface area (Å²) in [6.45, 7) is 3.34. The molecule has 0 bridgehead atoms. The Morgan fingerprint density at radius 2 is 2.19 bits per heavy atom. The van der Waals surface area contributed by atoms with Crippen LogP contribution in [0.5, 0.6) is 0 Å². The summed E-state index contributed by atoms with van der Waals surface area (Å²) in [5, 5.41) is 4.06. The van der Waals surface area contributed by atoms with Crippen LogP contribution in [0.4, 0.5) is 0 Å². The Kier molecular flexibility index (Phi) is 5.55. The molecule has 4 heterocycles. The van der Waals surface area contributed by atoms with Crippen molar-refractivity contribution in [2.45, 2.75) is 31.7 Å². The van der Waals surface area contributed by atoms with E-state index in [1.54, 1.807) is 13.4 Å². The van der Waals surface area contributed by atoms with Crippen LogP contribution in [-0.4, -0.2) is 51.8 Å². The van der Waals surface area contributed by atoms with Crippen molar-refractivity contribution in [1.82, 2.24) is 25.0 Å². The molecule has 0 unspecified atom stereocenters. The lowest BCUT2D eigenvalue weighted by molar-refractivity contribution is 0.179. The maximum Gasteiger partial charge on any atom is 0.231 e. The molecule has 0 amide bonds. The number of likely N-dealkylation sites (tertiary alicyclic amines) is 1. The zero-order valence-corrected chi connectivity index (χ0v) is 15.4. The molecule has 1 aliphatic rings. The molecule has 4 rings (SSSR count). The molecule has 3 aromatic rings. The van der Waals surface area contributed by atoms with Gasteiger partial charge in [0.1, 0.15) is 0 Å². The number of methoxy groups -OCH3 is 1. The lowest BCUT2D eigenvalue weighted by Crippen LogP contribution is -2.34. The van der Waals surface area contributed by atoms with Crippen molar-refractivity contribution >= 4 is 0 Å². The lowest BCUT2D eigenvalue weighted by atomic mass is 9.97. The molecule has 142 valence electrons. The van der Waals surface area contributed by atoms with Gasteiger partial charge in [0.2, 0.25) is 5.89 Å². The van der Waals surface area contributed by atoms with Gasteiger partial charge in [-0.2, -0.15) is 4.98 Å². The first-order chi connectivity index (χ1) is 13.3. The number of rotatable bonds is 7. The van der Waals surface area contributed by atoms with E-state index in [2.05, 4.69) is 25.0 Å². The van der Waals surface area contributed by atoms with Gasteiger partial charge in [-0.1, -0.05) is 5.16 Å². The molecule has 0 radical (unpaired) electrons. The highest BCUT2D eigenvalue weighted by molar-refractivity contribution is 5.45. The standard InChI is InChI=1S/C19H23N5O3/c1-25-9-6-17-22-19(27-23-17)15-4-2-7-24(13-15)12-14-10-20-18(21-11-14)16-5-3-8-26-16/h3,5,8,10-11,15H,2,4,6-7,9,12-13H2,1H3/t15-/m1/s1. The summed E-state index contributed by atoms with van der Waals surface area (Å²) in [6, 6.07) is 3.69. The molecule has 0 aliphatic carbocycles. The molecule has 1 saturated heterocycles. The van der Waals surface area contributed by atoms with Gasteiger partial charge < -0.3 is 13.7 Å². The smallest absolute Gasteiger partial charge is 0.231 e. The van der Waals surface area contributed by atoms with Crippen molar-refractivity contribution in [3.63, 3.8) is 0 Å². The quantitative estimate of drug-likeness (QED) is 0.628. The van der Waals surface area contributed by atoms with Gasteiger partial charge in [0.15, 0.2) is 17.4 Å². The molecule has 8 nitrogen and oxygen atoms in total. The summed E-state index contributed by atoms with van der Waals surface area (Å²) in [5.74, 6) is 3.00. The van der Waals surface area contributed by atoms with E-state index in [0.717, 1.165) is 43.9 Å². The van der Waals surface area contributed by atoms with E-state index in [-0.39, 0.29) is 5.92 Å². The molecule has 1 atom stereocenters. The zero-order valence-electron chi connectivity index (χ0n) is 15.4. The van der Waals surface area contributed by atoms with Crippen molar-refractivity contribution < 1.29 is 13.7 Å². The Morgan fingerprint density at radius 3 is 2.96 bits per heavy atom. The number of piperidine rings is 1. The normalized spacial score (nSPS) is 18.0. The Hall–Kier alpha value is -2.58. The minimum Gasteiger partial charge on any atom is -0.461 e. The predicted octanol–water partition coefficient (Wildman–Crippen LogP) is 2.69. The Bertz CT molecular complexity index is 831. The summed E-state index contributed by atoms with van der Waals surface area (Å²) in [7, 11) is 1.67. The minimum absolute atomic E-state index is 0.269. The van der Waals surface area contributed by atoms with E-state index in [0.29, 0.717) is 30.4 Å². The highest BCUT2D eigenvalue weighted by Crippen LogP contribution is 2.26. The van der Waals surface area contributed by atoms with E-state index >= 15 is 0 Å². The van der Waals surface area contributed by atoms with E-state index in [1.165, 1.54) is 0 Å². The van der Waals surface area contributed by atoms with Gasteiger partial charge >= 0.3 is 0 Å². The molecular weight excluding hydrogens is 346 g/mol. The third-order valence-electron chi connectivity index (χ3n) is 4.72. The molecule has 0 aromatic carbocycles. The van der Waals surface area contributed by atoms with Gasteiger partial charge in [-0.25, -0.2) is 9.97 Å². The molecule has 8 heteroatoms. The van der Waals surface area contributed by atoms with Crippen molar-refractivity contribution in [3.05, 3.63) is 48.1 Å². The van der Waals surface area contributed by atoms with Crippen LogP contribution in [0.1, 0.15) is 36.0 Å². The van der Waals surface area contributed by atoms with Gasteiger partial charge in [-0.15, -0.1) is 0 Å². The second-order valence-electron chi connectivity index (χ2n) is 6.76. The van der Waals surface area contributed by atoms with E-state index in [4.69, 9.17) is 13.7 Å². The zero-order chi connectivity index (χ0) is 18.5. The Morgan fingerprint density at radius 1 is 1.30 bits per heavy atom. The molecule has 27 heavy (non-hydrogen) atoms. The molecular formula is C19H23N5O3. The topological polar surface area (TPSA) is 90.3 Å². The first kappa shape index (κ1) is 17.8. The van der Waals surface area contributed by atoms with Crippen LogP contribution in [0, 0.1) is 0 Å². The molecule has 0 spiro atoms. The second-order valence-corrected chi connectivity index (χ2v) is 6.76. The largest absolute Gasteiger partial charge is 0.461 e. The molecule has 1 fully saturated rings. The van der Waals surface area contributed by atoms with Crippen LogP contribution in [0.3, 0.4) is 0 Å². The van der Waals surface area contributed by atoms with Gasteiger partial charge in [0, 0.05) is 44.6 Å². The summed E-state index contributed by atoms with van der Waals surface area (Å²) in [6.07, 6.45) is 8.20. The van der Waals surface area contributed by atoms with Crippen LogP contribution >= 0.6 is 0 Å². The van der Waals surface area contributed by atoms with Crippen LogP contribution in [0.25, 0.3) is 11.6 Å². The fraction of sp³-hybridized carbons (Fsp3) is 0.474. The monoisotopic (exact) mass is 369 g/mol. The molecule has 1 aliphatic heterocycles. The minimum atomic E-state index is 0.269. The van der Waals surface area contributed by atoms with Crippen molar-refractivity contribution in [3.8, 4) is 11.6 Å². The average molecular weight is 369 g/mol. The van der Waals surface area contributed by atoms with E-state index in [1.807, 2.05) is 24.5 Å². The van der Waals surface area contributed by atoms with Gasteiger partial charge in [0.25, 0.3) is 0 Å². The number of hydrogen-bond acceptors (Lipinski definition) is 8. The van der Waals surface area contributed by atoms with E-state index in [9.17, 15) is 0 Å². The highest BCUT2D eigenvalue weighted by atomic mass is 16.5. The lowest BCUT2D eigenvalue weighted by Gasteiger charge is -2.30. The van der Waals surface area contributed by atoms with Gasteiger partial charge in [0.05, 0.1) is 18.8 Å². The van der Waals surface area contributed by atoms with Gasteiger partial charge in [-0.05, 0) is 31.5 Å². The highest BCUT2D eigenvalue weighted by Gasteiger charge is 2.26. The number of furan rings is 1. The first-order valence-corrected chi connectivity index (χ1v) is 9.20. The summed E-state index contributed by atoms with van der Waals surface area (Å²) in [5.41, 5.74) is 1.08. The van der Waals surface area contributed by atoms with Crippen LogP contribution < -0.4 is 0 Å². The number of ether oxygens (including phenoxy) is 1. The number of nitrogens with zero attached hydrogens (tertiary/aromatic N) is 5. The van der Waals surface area contributed by atoms with Crippen LogP contribution in [-0.2, 0) is 17.7 Å². The fourth-order valence-corrected chi connectivity index (χ4v) is 3.36. The maximum atomic E-state index is 5.48. The average Bonchev–Trinajstić information content (AvgIpc) is 3.39. The fourth-order valence-electron chi connectivity index (χ4n) is 3.36.